The average Bonchev–Trinajstić information content (AvgIpc) is 3.11. The Hall–Kier alpha value is -2.20. The van der Waals surface area contributed by atoms with Crippen molar-refractivity contribution in [2.75, 3.05) is 7.11 Å². The minimum Gasteiger partial charge on any atom is -0.497 e. The number of hydrogen-bond acceptors (Lipinski definition) is 4. The zero-order valence-corrected chi connectivity index (χ0v) is 16.6. The van der Waals surface area contributed by atoms with E-state index in [9.17, 15) is 0 Å². The number of hydrogen-bond donors (Lipinski definition) is 1. The molecular weight excluding hydrogens is 358 g/mol. The van der Waals surface area contributed by atoms with Crippen molar-refractivity contribution in [3.63, 3.8) is 0 Å². The van der Waals surface area contributed by atoms with Gasteiger partial charge < -0.3 is 15.4 Å². The van der Waals surface area contributed by atoms with Crippen LogP contribution in [0.25, 0.3) is 0 Å². The number of fused-ring (bicyclic) bond motifs is 1. The lowest BCUT2D eigenvalue weighted by Crippen LogP contribution is -2.48. The predicted octanol–water partition coefficient (Wildman–Crippen LogP) is 4.34. The maximum atomic E-state index is 6.42. The molecule has 0 spiro atoms. The molecule has 2 heterocycles. The highest BCUT2D eigenvalue weighted by molar-refractivity contribution is 5.85. The Labute approximate surface area is 167 Å². The van der Waals surface area contributed by atoms with Gasteiger partial charge in [0.1, 0.15) is 5.75 Å². The fraction of sp³-hybridized carbons (Fsp3) is 0.409. The molecule has 27 heavy (non-hydrogen) atoms. The van der Waals surface area contributed by atoms with Gasteiger partial charge in [-0.3, -0.25) is 0 Å². The molecule has 3 atom stereocenters. The highest BCUT2D eigenvalue weighted by atomic mass is 35.5. The van der Waals surface area contributed by atoms with Crippen LogP contribution in [0, 0.1) is 0 Å². The Morgan fingerprint density at radius 2 is 1.93 bits per heavy atom. The second kappa shape index (κ2) is 8.66. The Balaban J connectivity index is 0.00000210. The maximum absolute atomic E-state index is 6.42. The van der Waals surface area contributed by atoms with Gasteiger partial charge in [0.25, 0.3) is 0 Å². The van der Waals surface area contributed by atoms with E-state index in [0.29, 0.717) is 18.0 Å². The van der Waals surface area contributed by atoms with Gasteiger partial charge in [-0.05, 0) is 55.4 Å². The second-order valence-corrected chi connectivity index (χ2v) is 7.33. The van der Waals surface area contributed by atoms with E-state index in [0.717, 1.165) is 25.0 Å². The third-order valence-electron chi connectivity index (χ3n) is 5.76. The SMILES string of the molecule is COc1cccc([C@H]2C[C@H]3CC[C@H](CCc4ccccc4)N3C(N)=N2)c1.Cl. The Morgan fingerprint density at radius 1 is 1.11 bits per heavy atom. The maximum Gasteiger partial charge on any atom is 0.192 e. The lowest BCUT2D eigenvalue weighted by molar-refractivity contribution is 0.256. The molecule has 5 heteroatoms. The molecule has 4 rings (SSSR count). The quantitative estimate of drug-likeness (QED) is 0.832. The Kier molecular flexibility index (Phi) is 6.27. The van der Waals surface area contributed by atoms with Crippen LogP contribution in [0.2, 0.25) is 0 Å². The molecule has 1 saturated heterocycles. The summed E-state index contributed by atoms with van der Waals surface area (Å²) >= 11 is 0. The summed E-state index contributed by atoms with van der Waals surface area (Å²) in [5.74, 6) is 1.59. The van der Waals surface area contributed by atoms with Crippen molar-refractivity contribution in [1.29, 1.82) is 0 Å². The lowest BCUT2D eigenvalue weighted by atomic mass is 9.97. The number of halogens is 1. The Morgan fingerprint density at radius 3 is 2.70 bits per heavy atom. The highest BCUT2D eigenvalue weighted by Gasteiger charge is 2.39. The van der Waals surface area contributed by atoms with Crippen molar-refractivity contribution < 1.29 is 4.74 Å². The molecule has 0 aliphatic carbocycles. The Bertz CT molecular complexity index is 780. The monoisotopic (exact) mass is 385 g/mol. The molecule has 144 valence electrons. The molecule has 0 saturated carbocycles. The average molecular weight is 386 g/mol. The molecule has 2 aromatic rings. The van der Waals surface area contributed by atoms with E-state index in [1.807, 2.05) is 12.1 Å². The van der Waals surface area contributed by atoms with Gasteiger partial charge in [-0.1, -0.05) is 42.5 Å². The molecular formula is C22H28ClN3O. The van der Waals surface area contributed by atoms with Gasteiger partial charge in [0, 0.05) is 12.1 Å². The van der Waals surface area contributed by atoms with Crippen molar-refractivity contribution in [1.82, 2.24) is 4.90 Å². The number of guanidine groups is 1. The summed E-state index contributed by atoms with van der Waals surface area (Å²) in [6.07, 6.45) is 5.69. The van der Waals surface area contributed by atoms with E-state index in [1.54, 1.807) is 7.11 Å². The first-order chi connectivity index (χ1) is 12.7. The van der Waals surface area contributed by atoms with Gasteiger partial charge in [-0.15, -0.1) is 12.4 Å². The third-order valence-corrected chi connectivity index (χ3v) is 5.76. The van der Waals surface area contributed by atoms with E-state index in [2.05, 4.69) is 47.4 Å². The van der Waals surface area contributed by atoms with Crippen LogP contribution in [0.3, 0.4) is 0 Å². The third kappa shape index (κ3) is 4.22. The summed E-state index contributed by atoms with van der Waals surface area (Å²) in [6, 6.07) is 20.1. The molecule has 0 unspecified atom stereocenters. The molecule has 4 nitrogen and oxygen atoms in total. The van der Waals surface area contributed by atoms with Gasteiger partial charge in [0.2, 0.25) is 0 Å². The number of methoxy groups -OCH3 is 1. The van der Waals surface area contributed by atoms with Crippen molar-refractivity contribution >= 4 is 18.4 Å². The van der Waals surface area contributed by atoms with Gasteiger partial charge in [-0.2, -0.15) is 0 Å². The topological polar surface area (TPSA) is 50.9 Å². The second-order valence-electron chi connectivity index (χ2n) is 7.33. The van der Waals surface area contributed by atoms with Crippen LogP contribution in [-0.2, 0) is 6.42 Å². The molecule has 2 aliphatic heterocycles. The standard InChI is InChI=1S/C22H27N3O.ClH/c1-26-20-9-5-8-17(14-20)21-15-19-13-12-18(25(19)22(23)24-21)11-10-16-6-3-2-4-7-16;/h2-9,14,18-19,21H,10-13,15H2,1H3,(H2,23,24);1H/t18-,19+,21+;/m0./s1. The van der Waals surface area contributed by atoms with E-state index >= 15 is 0 Å². The molecule has 0 radical (unpaired) electrons. The van der Waals surface area contributed by atoms with Crippen LogP contribution < -0.4 is 10.5 Å². The number of nitrogens with zero attached hydrogens (tertiary/aromatic N) is 2. The van der Waals surface area contributed by atoms with E-state index in [1.165, 1.54) is 24.0 Å². The van der Waals surface area contributed by atoms with Crippen LogP contribution in [0.4, 0.5) is 0 Å². The highest BCUT2D eigenvalue weighted by Crippen LogP contribution is 2.38. The van der Waals surface area contributed by atoms with Gasteiger partial charge >= 0.3 is 0 Å². The summed E-state index contributed by atoms with van der Waals surface area (Å²) < 4.78 is 5.36. The predicted molar refractivity (Wildman–Crippen MR) is 113 cm³/mol. The fourth-order valence-electron chi connectivity index (χ4n) is 4.42. The summed E-state index contributed by atoms with van der Waals surface area (Å²) in [5, 5.41) is 0. The van der Waals surface area contributed by atoms with Crippen molar-refractivity contribution in [2.24, 2.45) is 10.7 Å². The summed E-state index contributed by atoms with van der Waals surface area (Å²) in [5.41, 5.74) is 9.02. The van der Waals surface area contributed by atoms with Gasteiger partial charge in [0.15, 0.2) is 5.96 Å². The van der Waals surface area contributed by atoms with Crippen molar-refractivity contribution in [3.05, 3.63) is 65.7 Å². The fourth-order valence-corrected chi connectivity index (χ4v) is 4.42. The largest absolute Gasteiger partial charge is 0.497 e. The molecule has 0 aromatic heterocycles. The minimum atomic E-state index is 0. The van der Waals surface area contributed by atoms with Crippen LogP contribution in [0.5, 0.6) is 5.75 Å². The number of rotatable bonds is 5. The van der Waals surface area contributed by atoms with Gasteiger partial charge in [0.05, 0.1) is 13.2 Å². The number of aryl methyl sites for hydroxylation is 1. The first kappa shape index (κ1) is 19.6. The summed E-state index contributed by atoms with van der Waals surface area (Å²) in [6.45, 7) is 0. The zero-order chi connectivity index (χ0) is 17.9. The number of ether oxygens (including phenoxy) is 1. The van der Waals surface area contributed by atoms with Crippen molar-refractivity contribution in [2.45, 2.75) is 50.2 Å². The number of nitrogens with two attached hydrogens (primary N) is 1. The molecule has 2 aromatic carbocycles. The normalized spacial score (nSPS) is 24.0. The molecule has 1 fully saturated rings. The summed E-state index contributed by atoms with van der Waals surface area (Å²) in [4.78, 5) is 7.23. The minimum absolute atomic E-state index is 0. The van der Waals surface area contributed by atoms with E-state index in [4.69, 9.17) is 15.5 Å². The van der Waals surface area contributed by atoms with E-state index < -0.39 is 0 Å². The molecule has 0 bridgehead atoms. The van der Waals surface area contributed by atoms with E-state index in [-0.39, 0.29) is 18.4 Å². The smallest absolute Gasteiger partial charge is 0.192 e. The first-order valence-electron chi connectivity index (χ1n) is 9.54. The number of aliphatic imine (C=N–C) groups is 1. The number of benzene rings is 2. The van der Waals surface area contributed by atoms with Crippen molar-refractivity contribution in [3.8, 4) is 5.75 Å². The van der Waals surface area contributed by atoms with Crippen LogP contribution in [0.15, 0.2) is 59.6 Å². The zero-order valence-electron chi connectivity index (χ0n) is 15.8. The lowest BCUT2D eigenvalue weighted by Gasteiger charge is -2.37. The molecule has 0 amide bonds. The van der Waals surface area contributed by atoms with Crippen LogP contribution in [-0.4, -0.2) is 30.1 Å². The van der Waals surface area contributed by atoms with Gasteiger partial charge in [-0.25, -0.2) is 4.99 Å². The van der Waals surface area contributed by atoms with Crippen LogP contribution in [0.1, 0.15) is 42.9 Å². The molecule has 2 aliphatic rings. The molecule has 2 N–H and O–H groups in total. The van der Waals surface area contributed by atoms with Crippen LogP contribution >= 0.6 is 12.4 Å². The first-order valence-corrected chi connectivity index (χ1v) is 9.54. The summed E-state index contributed by atoms with van der Waals surface area (Å²) in [7, 11) is 1.70.